The smallest absolute Gasteiger partial charge is 0.255 e. The van der Waals surface area contributed by atoms with Crippen LogP contribution in [0.25, 0.3) is 0 Å². The van der Waals surface area contributed by atoms with E-state index in [4.69, 9.17) is 0 Å². The highest BCUT2D eigenvalue weighted by Gasteiger charge is 2.12. The lowest BCUT2D eigenvalue weighted by molar-refractivity contribution is 0.102. The van der Waals surface area contributed by atoms with Crippen LogP contribution in [-0.2, 0) is 6.42 Å². The topological polar surface area (TPSA) is 54.0 Å². The van der Waals surface area contributed by atoms with Crippen LogP contribution in [0.1, 0.15) is 34.1 Å². The number of carbonyl (C=O) groups is 1. The maximum atomic E-state index is 12.5. The first kappa shape index (κ1) is 15.0. The van der Waals surface area contributed by atoms with Crippen LogP contribution in [0, 0.1) is 13.8 Å². The Labute approximate surface area is 125 Å². The average Bonchev–Trinajstić information content (AvgIpc) is 2.50. The van der Waals surface area contributed by atoms with E-state index in [0.717, 1.165) is 28.9 Å². The van der Waals surface area contributed by atoms with Crippen molar-refractivity contribution >= 4 is 17.4 Å². The molecule has 21 heavy (non-hydrogen) atoms. The number of rotatable bonds is 4. The number of carbonyl (C=O) groups excluding carboxylic acids is 1. The molecule has 0 aliphatic rings. The number of nitrogens with one attached hydrogen (secondary N) is 2. The van der Waals surface area contributed by atoms with Gasteiger partial charge in [-0.05, 0) is 43.5 Å². The van der Waals surface area contributed by atoms with Gasteiger partial charge in [0.1, 0.15) is 5.82 Å². The summed E-state index contributed by atoms with van der Waals surface area (Å²) < 4.78 is 0. The van der Waals surface area contributed by atoms with Gasteiger partial charge >= 0.3 is 0 Å². The lowest BCUT2D eigenvalue weighted by atomic mass is 10.1. The minimum atomic E-state index is -0.110. The van der Waals surface area contributed by atoms with Gasteiger partial charge in [0.2, 0.25) is 0 Å². The molecule has 0 bridgehead atoms. The number of para-hydroxylation sites is 1. The molecule has 4 heteroatoms. The van der Waals surface area contributed by atoms with E-state index in [-0.39, 0.29) is 5.91 Å². The molecule has 1 heterocycles. The monoisotopic (exact) mass is 283 g/mol. The van der Waals surface area contributed by atoms with Crippen LogP contribution in [-0.4, -0.2) is 17.9 Å². The van der Waals surface area contributed by atoms with E-state index < -0.39 is 0 Å². The summed E-state index contributed by atoms with van der Waals surface area (Å²) >= 11 is 0. The van der Waals surface area contributed by atoms with E-state index in [1.54, 1.807) is 13.1 Å². The fraction of sp³-hybridized carbons (Fsp3) is 0.294. The van der Waals surface area contributed by atoms with Crippen LogP contribution in [0.5, 0.6) is 0 Å². The Morgan fingerprint density at radius 3 is 2.43 bits per heavy atom. The molecule has 0 spiro atoms. The van der Waals surface area contributed by atoms with Gasteiger partial charge in [0.05, 0.1) is 0 Å². The molecule has 0 fully saturated rings. The van der Waals surface area contributed by atoms with E-state index in [2.05, 4.69) is 15.6 Å². The minimum Gasteiger partial charge on any atom is -0.373 e. The highest BCUT2D eigenvalue weighted by molar-refractivity contribution is 6.05. The summed E-state index contributed by atoms with van der Waals surface area (Å²) in [5.41, 5.74) is 4.51. The van der Waals surface area contributed by atoms with Crippen molar-refractivity contribution in [3.63, 3.8) is 0 Å². The van der Waals surface area contributed by atoms with Gasteiger partial charge < -0.3 is 10.6 Å². The summed E-state index contributed by atoms with van der Waals surface area (Å²) in [5.74, 6) is 0.599. The summed E-state index contributed by atoms with van der Waals surface area (Å²) in [6, 6.07) is 9.57. The van der Waals surface area contributed by atoms with E-state index >= 15 is 0 Å². The Kier molecular flexibility index (Phi) is 4.58. The van der Waals surface area contributed by atoms with Gasteiger partial charge in [-0.1, -0.05) is 25.1 Å². The van der Waals surface area contributed by atoms with E-state index in [1.807, 2.05) is 45.0 Å². The second-order valence-corrected chi connectivity index (χ2v) is 5.06. The van der Waals surface area contributed by atoms with Crippen molar-refractivity contribution in [2.75, 3.05) is 17.7 Å². The molecular formula is C17H21N3O. The molecule has 0 aliphatic carbocycles. The van der Waals surface area contributed by atoms with Crippen LogP contribution < -0.4 is 10.6 Å². The number of hydrogen-bond acceptors (Lipinski definition) is 3. The zero-order valence-corrected chi connectivity index (χ0v) is 12.9. The predicted octanol–water partition coefficient (Wildman–Crippen LogP) is 3.55. The van der Waals surface area contributed by atoms with Crippen molar-refractivity contribution in [3.05, 3.63) is 52.7 Å². The molecule has 1 aromatic heterocycles. The molecular weight excluding hydrogens is 262 g/mol. The molecule has 0 aliphatic heterocycles. The number of aryl methyl sites for hydroxylation is 3. The molecule has 0 saturated heterocycles. The van der Waals surface area contributed by atoms with Crippen LogP contribution in [0.4, 0.5) is 11.5 Å². The fourth-order valence-electron chi connectivity index (χ4n) is 2.23. The van der Waals surface area contributed by atoms with Gasteiger partial charge in [0, 0.05) is 24.0 Å². The number of aromatic nitrogens is 1. The molecule has 0 atom stereocenters. The third-order valence-electron chi connectivity index (χ3n) is 3.48. The van der Waals surface area contributed by atoms with Gasteiger partial charge in [0.15, 0.2) is 0 Å². The van der Waals surface area contributed by atoms with Crippen molar-refractivity contribution in [1.82, 2.24) is 4.98 Å². The first-order chi connectivity index (χ1) is 10.0. The van der Waals surface area contributed by atoms with Gasteiger partial charge in [0.25, 0.3) is 5.91 Å². The first-order valence-corrected chi connectivity index (χ1v) is 7.11. The van der Waals surface area contributed by atoms with Crippen molar-refractivity contribution in [3.8, 4) is 0 Å². The van der Waals surface area contributed by atoms with Crippen molar-refractivity contribution in [2.24, 2.45) is 0 Å². The second-order valence-electron chi connectivity index (χ2n) is 5.06. The minimum absolute atomic E-state index is 0.110. The SMILES string of the molecule is CCc1cc(C(=O)Nc2c(C)cccc2C)cc(NC)n1. The zero-order valence-electron chi connectivity index (χ0n) is 12.9. The molecule has 110 valence electrons. The predicted molar refractivity (Wildman–Crippen MR) is 87.0 cm³/mol. The number of amides is 1. The standard InChI is InChI=1S/C17H21N3O/c1-5-14-9-13(10-15(18-4)19-14)17(21)20-16-11(2)7-6-8-12(16)3/h6-10H,5H2,1-4H3,(H,18,19)(H,20,21). The third-order valence-corrected chi connectivity index (χ3v) is 3.48. The van der Waals surface area contributed by atoms with Crippen molar-refractivity contribution in [1.29, 1.82) is 0 Å². The lowest BCUT2D eigenvalue weighted by Crippen LogP contribution is -2.15. The maximum absolute atomic E-state index is 12.5. The van der Waals surface area contributed by atoms with Gasteiger partial charge in [-0.25, -0.2) is 4.98 Å². The Morgan fingerprint density at radius 1 is 1.19 bits per heavy atom. The molecule has 4 nitrogen and oxygen atoms in total. The number of anilines is 2. The molecule has 2 N–H and O–H groups in total. The number of hydrogen-bond donors (Lipinski definition) is 2. The molecule has 1 amide bonds. The van der Waals surface area contributed by atoms with Crippen LogP contribution in [0.3, 0.4) is 0 Å². The largest absolute Gasteiger partial charge is 0.373 e. The quantitative estimate of drug-likeness (QED) is 0.902. The highest BCUT2D eigenvalue weighted by atomic mass is 16.1. The zero-order chi connectivity index (χ0) is 15.4. The number of benzene rings is 1. The molecule has 2 rings (SSSR count). The molecule has 2 aromatic rings. The fourth-order valence-corrected chi connectivity index (χ4v) is 2.23. The normalized spacial score (nSPS) is 10.3. The molecule has 0 unspecified atom stereocenters. The first-order valence-electron chi connectivity index (χ1n) is 7.11. The van der Waals surface area contributed by atoms with Crippen LogP contribution in [0.15, 0.2) is 30.3 Å². The van der Waals surface area contributed by atoms with Gasteiger partial charge in [-0.3, -0.25) is 4.79 Å². The van der Waals surface area contributed by atoms with Crippen molar-refractivity contribution < 1.29 is 4.79 Å². The Balaban J connectivity index is 2.32. The Hall–Kier alpha value is -2.36. The molecule has 1 aromatic carbocycles. The van der Waals surface area contributed by atoms with Crippen LogP contribution in [0.2, 0.25) is 0 Å². The van der Waals surface area contributed by atoms with Gasteiger partial charge in [-0.15, -0.1) is 0 Å². The summed E-state index contributed by atoms with van der Waals surface area (Å²) in [7, 11) is 1.80. The van der Waals surface area contributed by atoms with Crippen molar-refractivity contribution in [2.45, 2.75) is 27.2 Å². The third kappa shape index (κ3) is 3.40. The Bertz CT molecular complexity index is 623. The summed E-state index contributed by atoms with van der Waals surface area (Å²) in [6.45, 7) is 6.01. The summed E-state index contributed by atoms with van der Waals surface area (Å²) in [6.07, 6.45) is 0.791. The summed E-state index contributed by atoms with van der Waals surface area (Å²) in [4.78, 5) is 16.9. The van der Waals surface area contributed by atoms with Crippen LogP contribution >= 0.6 is 0 Å². The average molecular weight is 283 g/mol. The molecule has 0 radical (unpaired) electrons. The van der Waals surface area contributed by atoms with E-state index in [9.17, 15) is 4.79 Å². The maximum Gasteiger partial charge on any atom is 0.255 e. The highest BCUT2D eigenvalue weighted by Crippen LogP contribution is 2.21. The summed E-state index contributed by atoms with van der Waals surface area (Å²) in [5, 5.41) is 6.00. The molecule has 0 saturated carbocycles. The lowest BCUT2D eigenvalue weighted by Gasteiger charge is -2.12. The van der Waals surface area contributed by atoms with E-state index in [0.29, 0.717) is 11.4 Å². The second kappa shape index (κ2) is 6.39. The number of nitrogens with zero attached hydrogens (tertiary/aromatic N) is 1. The Morgan fingerprint density at radius 2 is 1.86 bits per heavy atom. The number of pyridine rings is 1. The van der Waals surface area contributed by atoms with Gasteiger partial charge in [-0.2, -0.15) is 0 Å². The van der Waals surface area contributed by atoms with E-state index in [1.165, 1.54) is 0 Å².